The molecule has 1 amide bonds. The van der Waals surface area contributed by atoms with Crippen LogP contribution in [0.1, 0.15) is 33.3 Å². The van der Waals surface area contributed by atoms with Crippen LogP contribution in [0, 0.1) is 12.8 Å². The SMILES string of the molecule is CCOc1ccc2nc(SCC(=O)N3[C@H](C)CN(S(=O)(=O)c4ccc(C)cc4)[C@@H]3C(C)C)[nH]c2c1. The van der Waals surface area contributed by atoms with Gasteiger partial charge >= 0.3 is 0 Å². The molecule has 1 aromatic heterocycles. The van der Waals surface area contributed by atoms with Gasteiger partial charge in [-0.3, -0.25) is 4.79 Å². The summed E-state index contributed by atoms with van der Waals surface area (Å²) in [6.07, 6.45) is -0.547. The van der Waals surface area contributed by atoms with Gasteiger partial charge in [0, 0.05) is 18.7 Å². The van der Waals surface area contributed by atoms with Crippen molar-refractivity contribution in [1.29, 1.82) is 0 Å². The molecule has 188 valence electrons. The molecule has 0 spiro atoms. The van der Waals surface area contributed by atoms with Crippen molar-refractivity contribution in [3.8, 4) is 5.75 Å². The van der Waals surface area contributed by atoms with Gasteiger partial charge in [0.1, 0.15) is 11.9 Å². The molecule has 0 saturated carbocycles. The molecule has 0 aliphatic carbocycles. The number of aryl methyl sites for hydroxylation is 1. The van der Waals surface area contributed by atoms with Crippen molar-refractivity contribution in [3.63, 3.8) is 0 Å². The summed E-state index contributed by atoms with van der Waals surface area (Å²) in [5.74, 6) is 0.733. The van der Waals surface area contributed by atoms with Gasteiger partial charge in [-0.2, -0.15) is 4.31 Å². The third-order valence-electron chi connectivity index (χ3n) is 6.09. The fraction of sp³-hybridized carbons (Fsp3) is 0.440. The third kappa shape index (κ3) is 5.19. The number of hydrogen-bond acceptors (Lipinski definition) is 6. The van der Waals surface area contributed by atoms with Gasteiger partial charge in [-0.1, -0.05) is 43.3 Å². The average molecular weight is 517 g/mol. The molecule has 4 rings (SSSR count). The number of rotatable bonds is 8. The van der Waals surface area contributed by atoms with Crippen molar-refractivity contribution in [1.82, 2.24) is 19.2 Å². The van der Waals surface area contributed by atoms with Gasteiger partial charge in [0.15, 0.2) is 5.16 Å². The van der Waals surface area contributed by atoms with Gasteiger partial charge in [-0.05, 0) is 51.0 Å². The smallest absolute Gasteiger partial charge is 0.244 e. The molecule has 0 radical (unpaired) electrons. The fourth-order valence-electron chi connectivity index (χ4n) is 4.48. The van der Waals surface area contributed by atoms with Crippen molar-refractivity contribution in [2.24, 2.45) is 5.92 Å². The summed E-state index contributed by atoms with van der Waals surface area (Å²) in [5, 5.41) is 0.638. The van der Waals surface area contributed by atoms with E-state index in [1.54, 1.807) is 29.2 Å². The number of sulfonamides is 1. The number of carbonyl (C=O) groups excluding carboxylic acids is 1. The van der Waals surface area contributed by atoms with Crippen LogP contribution in [0.2, 0.25) is 0 Å². The Kier molecular flexibility index (Phi) is 7.44. The predicted octanol–water partition coefficient (Wildman–Crippen LogP) is 4.27. The highest BCUT2D eigenvalue weighted by Crippen LogP contribution is 2.33. The van der Waals surface area contributed by atoms with Crippen molar-refractivity contribution >= 4 is 38.7 Å². The van der Waals surface area contributed by atoms with Crippen molar-refractivity contribution in [2.45, 2.75) is 56.9 Å². The predicted molar refractivity (Wildman–Crippen MR) is 138 cm³/mol. The number of nitrogens with one attached hydrogen (secondary N) is 1. The lowest BCUT2D eigenvalue weighted by atomic mass is 10.1. The molecule has 2 aromatic carbocycles. The zero-order valence-corrected chi connectivity index (χ0v) is 22.3. The normalized spacial score (nSPS) is 19.1. The summed E-state index contributed by atoms with van der Waals surface area (Å²) in [7, 11) is -3.74. The van der Waals surface area contributed by atoms with Crippen LogP contribution in [0.3, 0.4) is 0 Å². The minimum atomic E-state index is -3.74. The average Bonchev–Trinajstić information content (AvgIpc) is 3.38. The Morgan fingerprint density at radius 3 is 2.60 bits per heavy atom. The topological polar surface area (TPSA) is 95.6 Å². The standard InChI is InChI=1S/C25H32N4O4S2/c1-6-33-19-9-12-21-22(13-19)27-25(26-21)34-15-23(30)29-18(5)14-28(24(29)16(2)3)35(31,32)20-10-7-17(4)8-11-20/h7-13,16,18,24H,6,14-15H2,1-5H3,(H,26,27)/t18-,24+/m1/s1. The molecule has 1 fully saturated rings. The maximum absolute atomic E-state index is 13.5. The Hall–Kier alpha value is -2.56. The van der Waals surface area contributed by atoms with E-state index in [4.69, 9.17) is 4.74 Å². The van der Waals surface area contributed by atoms with E-state index in [0.717, 1.165) is 22.3 Å². The molecule has 1 aliphatic heterocycles. The number of carbonyl (C=O) groups is 1. The van der Waals surface area contributed by atoms with Gasteiger partial charge in [0.2, 0.25) is 15.9 Å². The first-order valence-electron chi connectivity index (χ1n) is 11.8. The molecular weight excluding hydrogens is 484 g/mol. The fourth-order valence-corrected chi connectivity index (χ4v) is 7.03. The van der Waals surface area contributed by atoms with Crippen LogP contribution in [0.15, 0.2) is 52.5 Å². The summed E-state index contributed by atoms with van der Waals surface area (Å²) >= 11 is 1.32. The second-order valence-corrected chi connectivity index (χ2v) is 12.0. The van der Waals surface area contributed by atoms with Gasteiger partial charge in [0.05, 0.1) is 28.3 Å². The highest BCUT2D eigenvalue weighted by atomic mass is 32.2. The zero-order chi connectivity index (χ0) is 25.3. The first-order valence-corrected chi connectivity index (χ1v) is 14.2. The molecule has 1 N–H and O–H groups in total. The van der Waals surface area contributed by atoms with Crippen LogP contribution in [-0.2, 0) is 14.8 Å². The summed E-state index contributed by atoms with van der Waals surface area (Å²) < 4.78 is 34.0. The lowest BCUT2D eigenvalue weighted by Crippen LogP contribution is -2.49. The number of ether oxygens (including phenoxy) is 1. The first-order chi connectivity index (χ1) is 16.6. The van der Waals surface area contributed by atoms with Crippen LogP contribution >= 0.6 is 11.8 Å². The number of imidazole rings is 1. The molecule has 10 heteroatoms. The molecule has 3 aromatic rings. The number of amides is 1. The molecular formula is C25H32N4O4S2. The number of aromatic amines is 1. The van der Waals surface area contributed by atoms with E-state index >= 15 is 0 Å². The van der Waals surface area contributed by atoms with Gasteiger partial charge in [-0.25, -0.2) is 13.4 Å². The minimum absolute atomic E-state index is 0.0719. The monoisotopic (exact) mass is 516 g/mol. The first kappa shape index (κ1) is 25.5. The lowest BCUT2D eigenvalue weighted by molar-refractivity contribution is -0.132. The highest BCUT2D eigenvalue weighted by Gasteiger charge is 2.47. The molecule has 1 saturated heterocycles. The molecule has 2 heterocycles. The minimum Gasteiger partial charge on any atom is -0.494 e. The number of aromatic nitrogens is 2. The van der Waals surface area contributed by atoms with Crippen molar-refractivity contribution in [3.05, 3.63) is 48.0 Å². The summed E-state index contributed by atoms with van der Waals surface area (Å²) in [4.78, 5) is 23.1. The maximum atomic E-state index is 13.5. The lowest BCUT2D eigenvalue weighted by Gasteiger charge is -2.33. The molecule has 8 nitrogen and oxygen atoms in total. The van der Waals surface area contributed by atoms with Crippen LogP contribution in [0.25, 0.3) is 11.0 Å². The van der Waals surface area contributed by atoms with E-state index < -0.39 is 16.2 Å². The van der Waals surface area contributed by atoms with Gasteiger partial charge in [0.25, 0.3) is 0 Å². The second kappa shape index (κ2) is 10.2. The molecule has 2 atom stereocenters. The van der Waals surface area contributed by atoms with E-state index in [-0.39, 0.29) is 35.1 Å². The molecule has 1 aliphatic rings. The van der Waals surface area contributed by atoms with Gasteiger partial charge in [-0.15, -0.1) is 0 Å². The summed E-state index contributed by atoms with van der Waals surface area (Å²) in [6.45, 7) is 10.5. The molecule has 0 unspecified atom stereocenters. The number of benzene rings is 2. The molecule has 0 bridgehead atoms. The van der Waals surface area contributed by atoms with E-state index in [0.29, 0.717) is 11.8 Å². The van der Waals surface area contributed by atoms with Crippen molar-refractivity contribution in [2.75, 3.05) is 18.9 Å². The Bertz CT molecular complexity index is 1300. The van der Waals surface area contributed by atoms with E-state index in [9.17, 15) is 13.2 Å². The zero-order valence-electron chi connectivity index (χ0n) is 20.7. The van der Waals surface area contributed by atoms with Crippen LogP contribution in [0.5, 0.6) is 5.75 Å². The van der Waals surface area contributed by atoms with E-state index in [2.05, 4.69) is 9.97 Å². The van der Waals surface area contributed by atoms with Gasteiger partial charge < -0.3 is 14.6 Å². The van der Waals surface area contributed by atoms with Crippen LogP contribution in [0.4, 0.5) is 0 Å². The van der Waals surface area contributed by atoms with Crippen LogP contribution < -0.4 is 4.74 Å². The summed E-state index contributed by atoms with van der Waals surface area (Å²) in [5.41, 5.74) is 2.64. The Morgan fingerprint density at radius 2 is 1.94 bits per heavy atom. The maximum Gasteiger partial charge on any atom is 0.244 e. The third-order valence-corrected chi connectivity index (χ3v) is 8.79. The van der Waals surface area contributed by atoms with E-state index in [1.807, 2.05) is 52.8 Å². The number of hydrogen-bond donors (Lipinski definition) is 1. The molecule has 35 heavy (non-hydrogen) atoms. The largest absolute Gasteiger partial charge is 0.494 e. The quantitative estimate of drug-likeness (QED) is 0.450. The highest BCUT2D eigenvalue weighted by molar-refractivity contribution is 7.99. The Labute approximate surface area is 211 Å². The summed E-state index contributed by atoms with van der Waals surface area (Å²) in [6, 6.07) is 12.3. The number of fused-ring (bicyclic) bond motifs is 1. The number of H-pyrrole nitrogens is 1. The number of nitrogens with zero attached hydrogens (tertiary/aromatic N) is 3. The van der Waals surface area contributed by atoms with Crippen LogP contribution in [-0.4, -0.2) is 64.6 Å². The Morgan fingerprint density at radius 1 is 1.23 bits per heavy atom. The number of thioether (sulfide) groups is 1. The van der Waals surface area contributed by atoms with E-state index in [1.165, 1.54) is 16.1 Å². The van der Waals surface area contributed by atoms with Crippen molar-refractivity contribution < 1.29 is 17.9 Å². The Balaban J connectivity index is 1.51. The second-order valence-electron chi connectivity index (χ2n) is 9.14.